The molecule has 0 aromatic heterocycles. The van der Waals surface area contributed by atoms with Crippen LogP contribution in [0.1, 0.15) is 31.9 Å². The second kappa shape index (κ2) is 5.55. The van der Waals surface area contributed by atoms with Crippen molar-refractivity contribution in [3.05, 3.63) is 59.7 Å². The van der Waals surface area contributed by atoms with E-state index in [1.807, 2.05) is 18.2 Å². The molecule has 0 saturated heterocycles. The van der Waals surface area contributed by atoms with Gasteiger partial charge in [0, 0.05) is 0 Å². The largest absolute Gasteiger partial charge is 0.417 e. The standard InChI is InChI=1S/C18H19F3/c1-17(2,3)12-13-7-6-8-14(11-13)15-9-4-5-10-16(15)18(19,20)21/h4-11H,12H2,1-3H3. The van der Waals surface area contributed by atoms with Crippen LogP contribution in [0, 0.1) is 5.41 Å². The molecule has 0 fully saturated rings. The van der Waals surface area contributed by atoms with Crippen molar-refractivity contribution in [3.63, 3.8) is 0 Å². The Kier molecular flexibility index (Phi) is 4.13. The summed E-state index contributed by atoms with van der Waals surface area (Å²) in [6.07, 6.45) is -3.51. The summed E-state index contributed by atoms with van der Waals surface area (Å²) in [6.45, 7) is 6.34. The summed E-state index contributed by atoms with van der Waals surface area (Å²) < 4.78 is 39.3. The van der Waals surface area contributed by atoms with Crippen LogP contribution in [0.4, 0.5) is 13.2 Å². The summed E-state index contributed by atoms with van der Waals surface area (Å²) >= 11 is 0. The molecule has 0 aliphatic heterocycles. The molecule has 0 nitrogen and oxygen atoms in total. The van der Waals surface area contributed by atoms with E-state index in [0.29, 0.717) is 5.56 Å². The molecule has 0 radical (unpaired) electrons. The van der Waals surface area contributed by atoms with Gasteiger partial charge in [0.15, 0.2) is 0 Å². The molecule has 0 spiro atoms. The van der Waals surface area contributed by atoms with Gasteiger partial charge in [0.25, 0.3) is 0 Å². The van der Waals surface area contributed by atoms with Crippen LogP contribution in [0.3, 0.4) is 0 Å². The Labute approximate surface area is 123 Å². The van der Waals surface area contributed by atoms with E-state index in [1.165, 1.54) is 12.1 Å². The maximum Gasteiger partial charge on any atom is 0.417 e. The molecule has 3 heteroatoms. The summed E-state index contributed by atoms with van der Waals surface area (Å²) in [5, 5.41) is 0. The van der Waals surface area contributed by atoms with Gasteiger partial charge in [0.05, 0.1) is 5.56 Å². The topological polar surface area (TPSA) is 0 Å². The van der Waals surface area contributed by atoms with Crippen LogP contribution < -0.4 is 0 Å². The number of halogens is 3. The average molecular weight is 292 g/mol. The zero-order valence-electron chi connectivity index (χ0n) is 12.5. The van der Waals surface area contributed by atoms with E-state index in [0.717, 1.165) is 18.1 Å². The Hall–Kier alpha value is -1.77. The Morgan fingerprint density at radius 2 is 1.52 bits per heavy atom. The lowest BCUT2D eigenvalue weighted by Gasteiger charge is -2.19. The Bertz CT molecular complexity index is 619. The first kappa shape index (κ1) is 15.6. The zero-order chi connectivity index (χ0) is 15.7. The van der Waals surface area contributed by atoms with Crippen LogP contribution in [-0.2, 0) is 12.6 Å². The lowest BCUT2D eigenvalue weighted by Crippen LogP contribution is -2.09. The minimum atomic E-state index is -4.34. The Morgan fingerprint density at radius 1 is 0.857 bits per heavy atom. The van der Waals surface area contributed by atoms with Crippen LogP contribution in [0.15, 0.2) is 48.5 Å². The molecule has 0 unspecified atom stereocenters. The van der Waals surface area contributed by atoms with Gasteiger partial charge in [-0.15, -0.1) is 0 Å². The third-order valence-electron chi connectivity index (χ3n) is 3.20. The average Bonchev–Trinajstić information content (AvgIpc) is 2.36. The number of hydrogen-bond acceptors (Lipinski definition) is 0. The Morgan fingerprint density at radius 3 is 2.14 bits per heavy atom. The van der Waals surface area contributed by atoms with Crippen molar-refractivity contribution in [2.24, 2.45) is 5.41 Å². The van der Waals surface area contributed by atoms with Gasteiger partial charge >= 0.3 is 6.18 Å². The van der Waals surface area contributed by atoms with Gasteiger partial charge in [-0.2, -0.15) is 13.2 Å². The molecule has 0 heterocycles. The van der Waals surface area contributed by atoms with Gasteiger partial charge in [0.1, 0.15) is 0 Å². The highest BCUT2D eigenvalue weighted by Gasteiger charge is 2.33. The second-order valence-corrected chi connectivity index (χ2v) is 6.48. The maximum atomic E-state index is 13.1. The number of alkyl halides is 3. The first-order valence-electron chi connectivity index (χ1n) is 6.92. The fourth-order valence-corrected chi connectivity index (χ4v) is 2.44. The molecule has 0 saturated carbocycles. The second-order valence-electron chi connectivity index (χ2n) is 6.48. The van der Waals surface area contributed by atoms with E-state index < -0.39 is 11.7 Å². The first-order valence-corrected chi connectivity index (χ1v) is 6.92. The molecular weight excluding hydrogens is 273 g/mol. The van der Waals surface area contributed by atoms with Crippen LogP contribution >= 0.6 is 0 Å². The highest BCUT2D eigenvalue weighted by molar-refractivity contribution is 5.68. The lowest BCUT2D eigenvalue weighted by atomic mass is 9.87. The van der Waals surface area contributed by atoms with E-state index in [-0.39, 0.29) is 11.0 Å². The van der Waals surface area contributed by atoms with E-state index in [9.17, 15) is 13.2 Å². The van der Waals surface area contributed by atoms with Crippen molar-refractivity contribution in [3.8, 4) is 11.1 Å². The fraction of sp³-hybridized carbons (Fsp3) is 0.333. The molecule has 2 rings (SSSR count). The molecule has 0 amide bonds. The van der Waals surface area contributed by atoms with Crippen LogP contribution in [-0.4, -0.2) is 0 Å². The molecule has 2 aromatic rings. The minimum Gasteiger partial charge on any atom is -0.166 e. The molecule has 2 aromatic carbocycles. The maximum absolute atomic E-state index is 13.1. The molecular formula is C18H19F3. The van der Waals surface area contributed by atoms with Crippen molar-refractivity contribution in [2.75, 3.05) is 0 Å². The number of benzene rings is 2. The van der Waals surface area contributed by atoms with Gasteiger partial charge < -0.3 is 0 Å². The number of hydrogen-bond donors (Lipinski definition) is 0. The van der Waals surface area contributed by atoms with Gasteiger partial charge in [0.2, 0.25) is 0 Å². The summed E-state index contributed by atoms with van der Waals surface area (Å²) in [5.74, 6) is 0. The quantitative estimate of drug-likeness (QED) is 0.640. The monoisotopic (exact) mass is 292 g/mol. The van der Waals surface area contributed by atoms with Crippen molar-refractivity contribution < 1.29 is 13.2 Å². The molecule has 0 N–H and O–H groups in total. The Balaban J connectivity index is 2.46. The molecule has 0 atom stereocenters. The fourth-order valence-electron chi connectivity index (χ4n) is 2.44. The van der Waals surface area contributed by atoms with Gasteiger partial charge in [-0.3, -0.25) is 0 Å². The summed E-state index contributed by atoms with van der Waals surface area (Å²) in [7, 11) is 0. The van der Waals surface area contributed by atoms with Crippen LogP contribution in [0.2, 0.25) is 0 Å². The molecule has 112 valence electrons. The van der Waals surface area contributed by atoms with E-state index in [4.69, 9.17) is 0 Å². The van der Waals surface area contributed by atoms with Crippen LogP contribution in [0.25, 0.3) is 11.1 Å². The van der Waals surface area contributed by atoms with E-state index in [1.54, 1.807) is 12.1 Å². The highest BCUT2D eigenvalue weighted by atomic mass is 19.4. The SMILES string of the molecule is CC(C)(C)Cc1cccc(-c2ccccc2C(F)(F)F)c1. The van der Waals surface area contributed by atoms with E-state index >= 15 is 0 Å². The van der Waals surface area contributed by atoms with Gasteiger partial charge in [-0.05, 0) is 34.6 Å². The normalized spacial score (nSPS) is 12.5. The van der Waals surface area contributed by atoms with Crippen LogP contribution in [0.5, 0.6) is 0 Å². The smallest absolute Gasteiger partial charge is 0.166 e. The van der Waals surface area contributed by atoms with Gasteiger partial charge in [-0.1, -0.05) is 63.2 Å². The van der Waals surface area contributed by atoms with Crippen molar-refractivity contribution in [2.45, 2.75) is 33.4 Å². The predicted octanol–water partition coefficient (Wildman–Crippen LogP) is 5.96. The highest BCUT2D eigenvalue weighted by Crippen LogP contribution is 2.37. The van der Waals surface area contributed by atoms with Crippen molar-refractivity contribution in [1.82, 2.24) is 0 Å². The minimum absolute atomic E-state index is 0.0994. The molecule has 0 bridgehead atoms. The molecule has 0 aliphatic carbocycles. The van der Waals surface area contributed by atoms with E-state index in [2.05, 4.69) is 20.8 Å². The summed E-state index contributed by atoms with van der Waals surface area (Å²) in [4.78, 5) is 0. The van der Waals surface area contributed by atoms with Crippen molar-refractivity contribution >= 4 is 0 Å². The third-order valence-corrected chi connectivity index (χ3v) is 3.20. The molecule has 21 heavy (non-hydrogen) atoms. The third kappa shape index (κ3) is 4.10. The summed E-state index contributed by atoms with van der Waals surface area (Å²) in [5.41, 5.74) is 1.42. The summed E-state index contributed by atoms with van der Waals surface area (Å²) in [6, 6.07) is 13.1. The first-order chi connectivity index (χ1) is 9.67. The predicted molar refractivity (Wildman–Crippen MR) is 80.0 cm³/mol. The zero-order valence-corrected chi connectivity index (χ0v) is 12.5. The number of rotatable bonds is 2. The van der Waals surface area contributed by atoms with Crippen molar-refractivity contribution in [1.29, 1.82) is 0 Å². The molecule has 0 aliphatic rings. The lowest BCUT2D eigenvalue weighted by molar-refractivity contribution is -0.137. The van der Waals surface area contributed by atoms with Gasteiger partial charge in [-0.25, -0.2) is 0 Å².